The fourth-order valence-electron chi connectivity index (χ4n) is 1.57. The van der Waals surface area contributed by atoms with Gasteiger partial charge < -0.3 is 19.9 Å². The number of carbonyl (C=O) groups is 1. The van der Waals surface area contributed by atoms with E-state index in [1.165, 1.54) is 0 Å². The Kier molecular flexibility index (Phi) is 5.73. The fraction of sp³-hybridized carbons (Fsp3) is 0.909. The van der Waals surface area contributed by atoms with Crippen molar-refractivity contribution in [2.24, 2.45) is 0 Å². The second-order valence-corrected chi connectivity index (χ2v) is 4.03. The third-order valence-electron chi connectivity index (χ3n) is 2.58. The summed E-state index contributed by atoms with van der Waals surface area (Å²) >= 11 is 0. The Morgan fingerprint density at radius 1 is 1.56 bits per heavy atom. The van der Waals surface area contributed by atoms with E-state index in [0.29, 0.717) is 26.0 Å². The Morgan fingerprint density at radius 3 is 3.00 bits per heavy atom. The molecule has 5 nitrogen and oxygen atoms in total. The van der Waals surface area contributed by atoms with Crippen molar-refractivity contribution in [3.05, 3.63) is 0 Å². The molecule has 2 N–H and O–H groups in total. The maximum Gasteiger partial charge on any atom is 0.219 e. The topological polar surface area (TPSA) is 67.8 Å². The molecule has 1 rings (SSSR count). The normalized spacial score (nSPS) is 30.1. The molecule has 1 saturated heterocycles. The quantitative estimate of drug-likeness (QED) is 0.673. The summed E-state index contributed by atoms with van der Waals surface area (Å²) in [6.45, 7) is 4.57. The van der Waals surface area contributed by atoms with Gasteiger partial charge in [0.1, 0.15) is 6.10 Å². The van der Waals surface area contributed by atoms with E-state index in [1.54, 1.807) is 6.92 Å². The molecule has 0 spiro atoms. The maximum atomic E-state index is 10.9. The van der Waals surface area contributed by atoms with Crippen molar-refractivity contribution in [1.82, 2.24) is 5.32 Å². The van der Waals surface area contributed by atoms with Gasteiger partial charge in [-0.15, -0.1) is 0 Å². The molecule has 1 aliphatic heterocycles. The third-order valence-corrected chi connectivity index (χ3v) is 2.58. The van der Waals surface area contributed by atoms with Crippen molar-refractivity contribution in [2.75, 3.05) is 13.2 Å². The number of aliphatic hydroxyl groups is 1. The highest BCUT2D eigenvalue weighted by atomic mass is 16.7. The van der Waals surface area contributed by atoms with Gasteiger partial charge in [-0.3, -0.25) is 4.79 Å². The molecule has 3 atom stereocenters. The first-order chi connectivity index (χ1) is 7.63. The monoisotopic (exact) mass is 231 g/mol. The van der Waals surface area contributed by atoms with Crippen LogP contribution in [0, 0.1) is 0 Å². The second-order valence-electron chi connectivity index (χ2n) is 4.03. The minimum absolute atomic E-state index is 0.00193. The van der Waals surface area contributed by atoms with E-state index in [9.17, 15) is 9.90 Å². The van der Waals surface area contributed by atoms with E-state index < -0.39 is 12.4 Å². The van der Waals surface area contributed by atoms with Gasteiger partial charge in [-0.25, -0.2) is 0 Å². The Hall–Kier alpha value is -0.650. The molecule has 0 radical (unpaired) electrons. The molecule has 5 heteroatoms. The summed E-state index contributed by atoms with van der Waals surface area (Å²) in [5.74, 6) is 0.00193. The number of nitrogens with one attached hydrogen (secondary N) is 1. The molecule has 1 aliphatic rings. The average molecular weight is 231 g/mol. The SMILES string of the molecule is CCC(=O)NCCO[C@@H]1O[C@@H](C)CC[C@@H]1O. The van der Waals surface area contributed by atoms with Crippen molar-refractivity contribution in [2.45, 2.75) is 51.6 Å². The summed E-state index contributed by atoms with van der Waals surface area (Å²) in [5.41, 5.74) is 0. The molecule has 94 valence electrons. The third kappa shape index (κ3) is 4.47. The first-order valence-electron chi connectivity index (χ1n) is 5.85. The lowest BCUT2D eigenvalue weighted by Gasteiger charge is -2.31. The minimum atomic E-state index is -0.557. The van der Waals surface area contributed by atoms with Crippen molar-refractivity contribution in [1.29, 1.82) is 0 Å². The number of hydrogen-bond acceptors (Lipinski definition) is 4. The molecule has 1 heterocycles. The molecule has 16 heavy (non-hydrogen) atoms. The van der Waals surface area contributed by atoms with Gasteiger partial charge in [0.2, 0.25) is 5.91 Å². The highest BCUT2D eigenvalue weighted by Crippen LogP contribution is 2.19. The highest BCUT2D eigenvalue weighted by molar-refractivity contribution is 5.75. The molecule has 0 aromatic carbocycles. The van der Waals surface area contributed by atoms with Crippen LogP contribution in [-0.4, -0.2) is 42.7 Å². The molecule has 1 amide bonds. The molecule has 0 bridgehead atoms. The van der Waals surface area contributed by atoms with E-state index in [0.717, 1.165) is 6.42 Å². The standard InChI is InChI=1S/C11H21NO4/c1-3-10(14)12-6-7-15-11-9(13)5-4-8(2)16-11/h8-9,11,13H,3-7H2,1-2H3,(H,12,14)/t8-,9-,11+/m0/s1. The van der Waals surface area contributed by atoms with Crippen LogP contribution in [0.4, 0.5) is 0 Å². The Bertz CT molecular complexity index is 222. The van der Waals surface area contributed by atoms with Crippen LogP contribution >= 0.6 is 0 Å². The zero-order valence-electron chi connectivity index (χ0n) is 9.94. The van der Waals surface area contributed by atoms with Crippen LogP contribution in [0.15, 0.2) is 0 Å². The summed E-state index contributed by atoms with van der Waals surface area (Å²) in [5, 5.41) is 12.3. The van der Waals surface area contributed by atoms with Crippen LogP contribution in [0.2, 0.25) is 0 Å². The lowest BCUT2D eigenvalue weighted by atomic mass is 10.1. The summed E-state index contributed by atoms with van der Waals surface area (Å²) in [6, 6.07) is 0. The van der Waals surface area contributed by atoms with Crippen LogP contribution in [0.1, 0.15) is 33.1 Å². The maximum absolute atomic E-state index is 10.9. The van der Waals surface area contributed by atoms with Gasteiger partial charge in [-0.05, 0) is 19.8 Å². The smallest absolute Gasteiger partial charge is 0.219 e. The number of carbonyl (C=O) groups excluding carboxylic acids is 1. The van der Waals surface area contributed by atoms with Crippen LogP contribution < -0.4 is 5.32 Å². The first-order valence-corrected chi connectivity index (χ1v) is 5.85. The summed E-state index contributed by atoms with van der Waals surface area (Å²) in [4.78, 5) is 10.9. The number of hydrogen-bond donors (Lipinski definition) is 2. The van der Waals surface area contributed by atoms with Crippen LogP contribution in [0.5, 0.6) is 0 Å². The van der Waals surface area contributed by atoms with E-state index in [1.807, 2.05) is 6.92 Å². The van der Waals surface area contributed by atoms with E-state index in [-0.39, 0.29) is 12.0 Å². The molecule has 1 fully saturated rings. The molecule has 0 aromatic heterocycles. The van der Waals surface area contributed by atoms with Crippen LogP contribution in [0.3, 0.4) is 0 Å². The zero-order valence-corrected chi connectivity index (χ0v) is 9.94. The molecular formula is C11H21NO4. The number of aliphatic hydroxyl groups excluding tert-OH is 1. The molecular weight excluding hydrogens is 210 g/mol. The van der Waals surface area contributed by atoms with E-state index in [4.69, 9.17) is 9.47 Å². The van der Waals surface area contributed by atoms with Crippen LogP contribution in [0.25, 0.3) is 0 Å². The summed E-state index contributed by atoms with van der Waals surface area (Å²) in [7, 11) is 0. The number of ether oxygens (including phenoxy) is 2. The first kappa shape index (κ1) is 13.4. The average Bonchev–Trinajstić information content (AvgIpc) is 2.28. The summed E-state index contributed by atoms with van der Waals surface area (Å²) < 4.78 is 10.8. The Labute approximate surface area is 96.1 Å². The van der Waals surface area contributed by atoms with Crippen molar-refractivity contribution in [3.8, 4) is 0 Å². The second kappa shape index (κ2) is 6.83. The Morgan fingerprint density at radius 2 is 2.31 bits per heavy atom. The number of rotatable bonds is 5. The number of amides is 1. The predicted molar refractivity (Wildman–Crippen MR) is 58.8 cm³/mol. The largest absolute Gasteiger partial charge is 0.388 e. The lowest BCUT2D eigenvalue weighted by molar-refractivity contribution is -0.235. The van der Waals surface area contributed by atoms with Gasteiger partial charge in [-0.2, -0.15) is 0 Å². The van der Waals surface area contributed by atoms with Gasteiger partial charge >= 0.3 is 0 Å². The van der Waals surface area contributed by atoms with Gasteiger partial charge in [-0.1, -0.05) is 6.92 Å². The highest BCUT2D eigenvalue weighted by Gasteiger charge is 2.28. The molecule has 0 saturated carbocycles. The van der Waals surface area contributed by atoms with Crippen molar-refractivity contribution < 1.29 is 19.4 Å². The fourth-order valence-corrected chi connectivity index (χ4v) is 1.57. The summed E-state index contributed by atoms with van der Waals surface area (Å²) in [6.07, 6.45) is 1.04. The minimum Gasteiger partial charge on any atom is -0.388 e. The predicted octanol–water partition coefficient (Wildman–Crippen LogP) is 0.415. The van der Waals surface area contributed by atoms with Gasteiger partial charge in [0.05, 0.1) is 12.7 Å². The lowest BCUT2D eigenvalue weighted by Crippen LogP contribution is -2.41. The molecule has 0 aromatic rings. The van der Waals surface area contributed by atoms with Crippen molar-refractivity contribution in [3.63, 3.8) is 0 Å². The zero-order chi connectivity index (χ0) is 12.0. The molecule has 0 aliphatic carbocycles. The van der Waals surface area contributed by atoms with Gasteiger partial charge in [0.25, 0.3) is 0 Å². The van der Waals surface area contributed by atoms with E-state index >= 15 is 0 Å². The van der Waals surface area contributed by atoms with Crippen LogP contribution in [-0.2, 0) is 14.3 Å². The molecule has 0 unspecified atom stereocenters. The van der Waals surface area contributed by atoms with Gasteiger partial charge in [0, 0.05) is 13.0 Å². The van der Waals surface area contributed by atoms with Gasteiger partial charge in [0.15, 0.2) is 6.29 Å². The van der Waals surface area contributed by atoms with Crippen molar-refractivity contribution >= 4 is 5.91 Å². The van der Waals surface area contributed by atoms with E-state index in [2.05, 4.69) is 5.32 Å². The Balaban J connectivity index is 2.13.